The third-order valence-corrected chi connectivity index (χ3v) is 4.68. The maximum Gasteiger partial charge on any atom is 0.336 e. The van der Waals surface area contributed by atoms with Crippen molar-refractivity contribution in [2.45, 2.75) is 40.0 Å². The number of rotatable bonds is 5. The van der Waals surface area contributed by atoms with Crippen molar-refractivity contribution in [3.63, 3.8) is 0 Å². The number of benzene rings is 2. The van der Waals surface area contributed by atoms with Crippen molar-refractivity contribution in [1.29, 1.82) is 0 Å². The Morgan fingerprint density at radius 3 is 2.24 bits per heavy atom. The summed E-state index contributed by atoms with van der Waals surface area (Å²) in [5, 5.41) is 4.90. The standard InChI is InChI=1S/C23H26ClN3O2/c1-15(2)14-29-22-25-20(16-6-10-18(11-7-16)23(3,4)5)27(26-22)21(28)17-8-12-19(24)13-9-17/h6-13,15H,14H2,1-5H3. The minimum absolute atomic E-state index is 0.0386. The molecule has 152 valence electrons. The van der Waals surface area contributed by atoms with Gasteiger partial charge < -0.3 is 4.74 Å². The minimum atomic E-state index is -0.288. The molecular formula is C23H26ClN3O2. The zero-order valence-corrected chi connectivity index (χ0v) is 18.2. The molecule has 0 atom stereocenters. The summed E-state index contributed by atoms with van der Waals surface area (Å²) in [5.41, 5.74) is 2.51. The van der Waals surface area contributed by atoms with Crippen molar-refractivity contribution in [2.75, 3.05) is 6.61 Å². The van der Waals surface area contributed by atoms with Gasteiger partial charge in [-0.3, -0.25) is 4.79 Å². The smallest absolute Gasteiger partial charge is 0.336 e. The van der Waals surface area contributed by atoms with Gasteiger partial charge in [-0.25, -0.2) is 0 Å². The Bertz CT molecular complexity index is 984. The molecule has 0 aliphatic carbocycles. The van der Waals surface area contributed by atoms with E-state index in [0.29, 0.717) is 28.9 Å². The lowest BCUT2D eigenvalue weighted by atomic mass is 9.87. The van der Waals surface area contributed by atoms with Crippen LogP contribution in [0.15, 0.2) is 48.5 Å². The average Bonchev–Trinajstić information content (AvgIpc) is 3.10. The summed E-state index contributed by atoms with van der Waals surface area (Å²) < 4.78 is 6.97. The van der Waals surface area contributed by atoms with E-state index in [4.69, 9.17) is 16.3 Å². The fraction of sp³-hybridized carbons (Fsp3) is 0.348. The van der Waals surface area contributed by atoms with Crippen LogP contribution in [-0.4, -0.2) is 27.3 Å². The number of nitrogens with zero attached hydrogens (tertiary/aromatic N) is 3. The molecule has 6 heteroatoms. The number of carbonyl (C=O) groups excluding carboxylic acids is 1. The van der Waals surface area contributed by atoms with Gasteiger partial charge in [0.15, 0.2) is 5.82 Å². The molecule has 0 saturated carbocycles. The molecule has 0 N–H and O–H groups in total. The first-order chi connectivity index (χ1) is 13.6. The molecule has 0 fully saturated rings. The van der Waals surface area contributed by atoms with Crippen LogP contribution in [0.5, 0.6) is 6.01 Å². The van der Waals surface area contributed by atoms with Gasteiger partial charge in [0.1, 0.15) is 0 Å². The summed E-state index contributed by atoms with van der Waals surface area (Å²) in [6, 6.07) is 14.9. The van der Waals surface area contributed by atoms with Crippen LogP contribution >= 0.6 is 11.6 Å². The second-order valence-electron chi connectivity index (χ2n) is 8.47. The van der Waals surface area contributed by atoms with Crippen LogP contribution in [0.25, 0.3) is 11.4 Å². The predicted molar refractivity (Wildman–Crippen MR) is 116 cm³/mol. The second-order valence-corrected chi connectivity index (χ2v) is 8.91. The van der Waals surface area contributed by atoms with E-state index in [-0.39, 0.29) is 17.3 Å². The van der Waals surface area contributed by atoms with Crippen LogP contribution in [0.3, 0.4) is 0 Å². The van der Waals surface area contributed by atoms with Crippen LogP contribution in [0.2, 0.25) is 5.02 Å². The summed E-state index contributed by atoms with van der Waals surface area (Å²) in [7, 11) is 0. The van der Waals surface area contributed by atoms with Gasteiger partial charge in [-0.2, -0.15) is 9.67 Å². The zero-order valence-electron chi connectivity index (χ0n) is 17.4. The van der Waals surface area contributed by atoms with E-state index in [1.807, 2.05) is 26.0 Å². The Balaban J connectivity index is 2.02. The van der Waals surface area contributed by atoms with Gasteiger partial charge in [-0.1, -0.05) is 70.5 Å². The van der Waals surface area contributed by atoms with Crippen LogP contribution in [-0.2, 0) is 5.41 Å². The Morgan fingerprint density at radius 1 is 1.07 bits per heavy atom. The van der Waals surface area contributed by atoms with Gasteiger partial charge in [-0.15, -0.1) is 5.10 Å². The molecule has 0 amide bonds. The molecule has 0 bridgehead atoms. The number of aromatic nitrogens is 3. The van der Waals surface area contributed by atoms with Crippen molar-refractivity contribution < 1.29 is 9.53 Å². The molecule has 0 spiro atoms. The molecule has 29 heavy (non-hydrogen) atoms. The third-order valence-electron chi connectivity index (χ3n) is 4.43. The molecule has 0 aliphatic heterocycles. The summed E-state index contributed by atoms with van der Waals surface area (Å²) in [5.74, 6) is 0.482. The predicted octanol–water partition coefficient (Wildman–Crippen LogP) is 5.62. The highest BCUT2D eigenvalue weighted by atomic mass is 35.5. The van der Waals surface area contributed by atoms with Crippen molar-refractivity contribution in [1.82, 2.24) is 14.8 Å². The van der Waals surface area contributed by atoms with Gasteiger partial charge in [0.25, 0.3) is 5.91 Å². The zero-order chi connectivity index (χ0) is 21.2. The monoisotopic (exact) mass is 411 g/mol. The van der Waals surface area contributed by atoms with Crippen LogP contribution in [0, 0.1) is 5.92 Å². The van der Waals surface area contributed by atoms with E-state index in [2.05, 4.69) is 43.0 Å². The van der Waals surface area contributed by atoms with Gasteiger partial charge >= 0.3 is 6.01 Å². The Morgan fingerprint density at radius 2 is 1.69 bits per heavy atom. The molecule has 0 unspecified atom stereocenters. The number of hydrogen-bond donors (Lipinski definition) is 0. The van der Waals surface area contributed by atoms with Crippen molar-refractivity contribution in [2.24, 2.45) is 5.92 Å². The normalized spacial score (nSPS) is 11.7. The van der Waals surface area contributed by atoms with Crippen LogP contribution in [0.1, 0.15) is 50.5 Å². The lowest BCUT2D eigenvalue weighted by Gasteiger charge is -2.19. The summed E-state index contributed by atoms with van der Waals surface area (Å²) in [6.45, 7) is 11.0. The highest BCUT2D eigenvalue weighted by Gasteiger charge is 2.21. The first kappa shape index (κ1) is 21.1. The SMILES string of the molecule is CC(C)COc1nc(-c2ccc(C(C)(C)C)cc2)n(C(=O)c2ccc(Cl)cc2)n1. The molecular weight excluding hydrogens is 386 g/mol. The quantitative estimate of drug-likeness (QED) is 0.546. The van der Waals surface area contributed by atoms with E-state index in [0.717, 1.165) is 5.56 Å². The van der Waals surface area contributed by atoms with Crippen LogP contribution in [0.4, 0.5) is 0 Å². The van der Waals surface area contributed by atoms with Crippen molar-refractivity contribution in [3.05, 3.63) is 64.7 Å². The molecule has 1 heterocycles. The molecule has 3 rings (SSSR count). The minimum Gasteiger partial charge on any atom is -0.462 e. The van der Waals surface area contributed by atoms with Gasteiger partial charge in [0.2, 0.25) is 0 Å². The Labute approximate surface area is 176 Å². The number of ether oxygens (including phenoxy) is 1. The first-order valence-electron chi connectivity index (χ1n) is 9.66. The highest BCUT2D eigenvalue weighted by Crippen LogP contribution is 2.27. The van der Waals surface area contributed by atoms with Gasteiger partial charge in [0.05, 0.1) is 6.61 Å². The second kappa shape index (κ2) is 8.37. The van der Waals surface area contributed by atoms with E-state index in [1.54, 1.807) is 24.3 Å². The number of hydrogen-bond acceptors (Lipinski definition) is 4. The Hall–Kier alpha value is -2.66. The van der Waals surface area contributed by atoms with E-state index in [1.165, 1.54) is 10.2 Å². The van der Waals surface area contributed by atoms with Crippen molar-refractivity contribution >= 4 is 17.5 Å². The maximum atomic E-state index is 13.1. The van der Waals surface area contributed by atoms with Gasteiger partial charge in [0, 0.05) is 16.1 Å². The summed E-state index contributed by atoms with van der Waals surface area (Å²) in [6.07, 6.45) is 0. The largest absolute Gasteiger partial charge is 0.462 e. The molecule has 3 aromatic rings. The van der Waals surface area contributed by atoms with E-state index < -0.39 is 0 Å². The Kier molecular flexibility index (Phi) is 6.08. The van der Waals surface area contributed by atoms with Gasteiger partial charge in [-0.05, 0) is 41.2 Å². The molecule has 5 nitrogen and oxygen atoms in total. The van der Waals surface area contributed by atoms with Crippen LogP contribution < -0.4 is 4.74 Å². The van der Waals surface area contributed by atoms with Crippen molar-refractivity contribution in [3.8, 4) is 17.4 Å². The lowest BCUT2D eigenvalue weighted by molar-refractivity contribution is 0.0944. The first-order valence-corrected chi connectivity index (χ1v) is 10.0. The summed E-state index contributed by atoms with van der Waals surface area (Å²) >= 11 is 5.95. The molecule has 1 aromatic heterocycles. The number of carbonyl (C=O) groups is 1. The molecule has 0 radical (unpaired) electrons. The molecule has 2 aromatic carbocycles. The fourth-order valence-electron chi connectivity index (χ4n) is 2.76. The third kappa shape index (κ3) is 5.04. The average molecular weight is 412 g/mol. The topological polar surface area (TPSA) is 57.0 Å². The maximum absolute atomic E-state index is 13.1. The molecule has 0 saturated heterocycles. The highest BCUT2D eigenvalue weighted by molar-refractivity contribution is 6.30. The van der Waals surface area contributed by atoms with E-state index >= 15 is 0 Å². The fourth-order valence-corrected chi connectivity index (χ4v) is 2.88. The summed E-state index contributed by atoms with van der Waals surface area (Å²) in [4.78, 5) is 17.6. The molecule has 0 aliphatic rings. The van der Waals surface area contributed by atoms with E-state index in [9.17, 15) is 4.79 Å². The lowest BCUT2D eigenvalue weighted by Crippen LogP contribution is -2.15. The number of halogens is 1.